The molecule has 2 N–H and O–H groups in total. The first-order valence-electron chi connectivity index (χ1n) is 7.76. The average molecular weight is 419 g/mol. The summed E-state index contributed by atoms with van der Waals surface area (Å²) in [5.41, 5.74) is 1.43. The monoisotopic (exact) mass is 419 g/mol. The number of methoxy groups -OCH3 is 1. The number of nitrogens with zero attached hydrogens (tertiary/aromatic N) is 1. The molecule has 0 bridgehead atoms. The summed E-state index contributed by atoms with van der Waals surface area (Å²) in [6.45, 7) is 3.71. The van der Waals surface area contributed by atoms with Gasteiger partial charge in [0.15, 0.2) is 5.96 Å². The Bertz CT molecular complexity index is 398. The van der Waals surface area contributed by atoms with Crippen LogP contribution in [0.2, 0.25) is 0 Å². The van der Waals surface area contributed by atoms with E-state index in [0.29, 0.717) is 6.61 Å². The van der Waals surface area contributed by atoms with Crippen LogP contribution in [-0.4, -0.2) is 39.3 Å². The summed E-state index contributed by atoms with van der Waals surface area (Å²) < 4.78 is 5.10. The number of unbranched alkanes of at least 4 members (excludes halogenated alkanes) is 2. The van der Waals surface area contributed by atoms with Gasteiger partial charge in [0.2, 0.25) is 0 Å². The van der Waals surface area contributed by atoms with E-state index in [4.69, 9.17) is 4.74 Å². The van der Waals surface area contributed by atoms with E-state index >= 15 is 0 Å². The van der Waals surface area contributed by atoms with Crippen LogP contribution in [0.3, 0.4) is 0 Å². The van der Waals surface area contributed by atoms with Crippen molar-refractivity contribution in [3.63, 3.8) is 0 Å². The summed E-state index contributed by atoms with van der Waals surface area (Å²) in [5.74, 6) is 0.850. The molecule has 0 fully saturated rings. The van der Waals surface area contributed by atoms with Gasteiger partial charge in [-0.1, -0.05) is 36.8 Å². The molecule has 126 valence electrons. The molecule has 22 heavy (non-hydrogen) atoms. The molecule has 0 aliphatic heterocycles. The van der Waals surface area contributed by atoms with Crippen LogP contribution in [0.5, 0.6) is 0 Å². The van der Waals surface area contributed by atoms with Crippen LogP contribution in [0, 0.1) is 0 Å². The van der Waals surface area contributed by atoms with Crippen LogP contribution in [0.15, 0.2) is 35.3 Å². The molecular weight excluding hydrogens is 389 g/mol. The Morgan fingerprint density at radius 1 is 1.18 bits per heavy atom. The topological polar surface area (TPSA) is 45.7 Å². The van der Waals surface area contributed by atoms with Crippen LogP contribution in [0.1, 0.15) is 31.7 Å². The van der Waals surface area contributed by atoms with Gasteiger partial charge >= 0.3 is 0 Å². The van der Waals surface area contributed by atoms with Crippen LogP contribution < -0.4 is 10.6 Å². The highest BCUT2D eigenvalue weighted by Gasteiger charge is 2.03. The van der Waals surface area contributed by atoms with Crippen LogP contribution in [-0.2, 0) is 11.2 Å². The lowest BCUT2D eigenvalue weighted by Crippen LogP contribution is -2.44. The first kappa shape index (κ1) is 21.2. The molecule has 5 heteroatoms. The van der Waals surface area contributed by atoms with Gasteiger partial charge in [0.05, 0.1) is 6.61 Å². The normalized spacial score (nSPS) is 12.4. The zero-order chi connectivity index (χ0) is 15.3. The van der Waals surface area contributed by atoms with E-state index in [1.54, 1.807) is 14.2 Å². The van der Waals surface area contributed by atoms with Gasteiger partial charge in [0.25, 0.3) is 0 Å². The van der Waals surface area contributed by atoms with Crippen LogP contribution in [0.25, 0.3) is 0 Å². The third kappa shape index (κ3) is 10.00. The smallest absolute Gasteiger partial charge is 0.191 e. The molecule has 0 spiro atoms. The minimum atomic E-state index is 0. The number of halogens is 1. The van der Waals surface area contributed by atoms with Crippen molar-refractivity contribution in [3.8, 4) is 0 Å². The van der Waals surface area contributed by atoms with Crippen molar-refractivity contribution in [2.45, 2.75) is 38.6 Å². The SMILES string of the molecule is CN=C(NCCCCCc1ccccc1)NC(C)COC.I. The van der Waals surface area contributed by atoms with Gasteiger partial charge in [-0.05, 0) is 31.7 Å². The average Bonchev–Trinajstić information content (AvgIpc) is 2.50. The molecule has 1 rings (SSSR count). The summed E-state index contributed by atoms with van der Waals surface area (Å²) in [6.07, 6.45) is 4.79. The number of benzene rings is 1. The quantitative estimate of drug-likeness (QED) is 0.280. The number of rotatable bonds is 9. The second-order valence-corrected chi connectivity index (χ2v) is 5.30. The predicted molar refractivity (Wildman–Crippen MR) is 105 cm³/mol. The van der Waals surface area contributed by atoms with Crippen molar-refractivity contribution in [2.75, 3.05) is 27.3 Å². The van der Waals surface area contributed by atoms with E-state index in [0.717, 1.165) is 18.9 Å². The number of hydrogen-bond donors (Lipinski definition) is 2. The largest absolute Gasteiger partial charge is 0.383 e. The summed E-state index contributed by atoms with van der Waals surface area (Å²) in [4.78, 5) is 4.21. The number of hydrogen-bond acceptors (Lipinski definition) is 2. The molecule has 1 atom stereocenters. The fraction of sp³-hybridized carbons (Fsp3) is 0.588. The van der Waals surface area contributed by atoms with E-state index in [2.05, 4.69) is 52.9 Å². The molecule has 0 heterocycles. The molecule has 0 saturated heterocycles. The number of nitrogens with one attached hydrogen (secondary N) is 2. The predicted octanol–water partition coefficient (Wildman–Crippen LogP) is 3.22. The minimum absolute atomic E-state index is 0. The van der Waals surface area contributed by atoms with Crippen molar-refractivity contribution in [1.29, 1.82) is 0 Å². The summed E-state index contributed by atoms with van der Waals surface area (Å²) >= 11 is 0. The molecule has 1 aromatic carbocycles. The van der Waals surface area contributed by atoms with E-state index in [9.17, 15) is 0 Å². The molecule has 4 nitrogen and oxygen atoms in total. The van der Waals surface area contributed by atoms with E-state index in [-0.39, 0.29) is 30.0 Å². The van der Waals surface area contributed by atoms with Crippen LogP contribution in [0.4, 0.5) is 0 Å². The van der Waals surface area contributed by atoms with Gasteiger partial charge in [-0.25, -0.2) is 0 Å². The molecule has 0 saturated carbocycles. The maximum atomic E-state index is 5.10. The molecule has 0 aliphatic carbocycles. The van der Waals surface area contributed by atoms with Gasteiger partial charge in [-0.2, -0.15) is 0 Å². The highest BCUT2D eigenvalue weighted by atomic mass is 127. The Morgan fingerprint density at radius 3 is 2.55 bits per heavy atom. The van der Waals surface area contributed by atoms with Gasteiger partial charge < -0.3 is 15.4 Å². The second-order valence-electron chi connectivity index (χ2n) is 5.30. The lowest BCUT2D eigenvalue weighted by Gasteiger charge is -2.17. The molecular formula is C17H30IN3O. The van der Waals surface area contributed by atoms with Crippen LogP contribution >= 0.6 is 24.0 Å². The van der Waals surface area contributed by atoms with Gasteiger partial charge in [-0.15, -0.1) is 24.0 Å². The molecule has 1 unspecified atom stereocenters. The Balaban J connectivity index is 0.00000441. The highest BCUT2D eigenvalue weighted by Crippen LogP contribution is 2.05. The van der Waals surface area contributed by atoms with E-state index in [1.165, 1.54) is 24.8 Å². The Hall–Kier alpha value is -0.820. The fourth-order valence-corrected chi connectivity index (χ4v) is 2.20. The Morgan fingerprint density at radius 2 is 1.91 bits per heavy atom. The van der Waals surface area contributed by atoms with E-state index < -0.39 is 0 Å². The summed E-state index contributed by atoms with van der Waals surface area (Å²) in [5, 5.41) is 6.64. The molecule has 0 radical (unpaired) electrons. The third-order valence-corrected chi connectivity index (χ3v) is 3.30. The molecule has 0 aliphatic rings. The molecule has 0 amide bonds. The summed E-state index contributed by atoms with van der Waals surface area (Å²) in [6, 6.07) is 10.9. The van der Waals surface area contributed by atoms with E-state index in [1.807, 2.05) is 0 Å². The Labute approximate surface area is 152 Å². The number of ether oxygens (including phenoxy) is 1. The standard InChI is InChI=1S/C17H29N3O.HI/c1-15(14-21-3)20-17(18-2)19-13-9-5-8-12-16-10-6-4-7-11-16;/h4,6-7,10-11,15H,5,8-9,12-14H2,1-3H3,(H2,18,19,20);1H. The lowest BCUT2D eigenvalue weighted by atomic mass is 10.1. The number of aliphatic imine (C=N–C) groups is 1. The maximum Gasteiger partial charge on any atom is 0.191 e. The lowest BCUT2D eigenvalue weighted by molar-refractivity contribution is 0.179. The van der Waals surface area contributed by atoms with Crippen molar-refractivity contribution in [1.82, 2.24) is 10.6 Å². The maximum absolute atomic E-state index is 5.10. The number of aryl methyl sites for hydroxylation is 1. The van der Waals surface area contributed by atoms with Crippen molar-refractivity contribution in [2.24, 2.45) is 4.99 Å². The molecule has 0 aromatic heterocycles. The zero-order valence-corrected chi connectivity index (χ0v) is 16.3. The first-order valence-corrected chi connectivity index (χ1v) is 7.76. The van der Waals surface area contributed by atoms with Gasteiger partial charge in [0, 0.05) is 26.7 Å². The van der Waals surface area contributed by atoms with Gasteiger partial charge in [-0.3, -0.25) is 4.99 Å². The minimum Gasteiger partial charge on any atom is -0.383 e. The van der Waals surface area contributed by atoms with Gasteiger partial charge in [0.1, 0.15) is 0 Å². The zero-order valence-electron chi connectivity index (χ0n) is 14.0. The first-order chi connectivity index (χ1) is 10.3. The second kappa shape index (κ2) is 13.8. The third-order valence-electron chi connectivity index (χ3n) is 3.30. The molecule has 1 aromatic rings. The van der Waals surface area contributed by atoms with Crippen molar-refractivity contribution in [3.05, 3.63) is 35.9 Å². The van der Waals surface area contributed by atoms with Crippen molar-refractivity contribution >= 4 is 29.9 Å². The van der Waals surface area contributed by atoms with Crippen molar-refractivity contribution < 1.29 is 4.74 Å². The number of guanidine groups is 1. The highest BCUT2D eigenvalue weighted by molar-refractivity contribution is 14.0. The summed E-state index contributed by atoms with van der Waals surface area (Å²) in [7, 11) is 3.51. The Kier molecular flexibility index (Phi) is 13.3. The fourth-order valence-electron chi connectivity index (χ4n) is 2.20.